The third kappa shape index (κ3) is 2.48. The molecule has 0 aliphatic carbocycles. The fourth-order valence-corrected chi connectivity index (χ4v) is 2.80. The Kier molecular flexibility index (Phi) is 4.48. The molecule has 0 aromatic heterocycles. The Morgan fingerprint density at radius 1 is 1.33 bits per heavy atom. The van der Waals surface area contributed by atoms with E-state index in [1.165, 1.54) is 0 Å². The van der Waals surface area contributed by atoms with Gasteiger partial charge in [0, 0.05) is 23.6 Å². The molecule has 5 heteroatoms. The summed E-state index contributed by atoms with van der Waals surface area (Å²) in [5, 5.41) is 9.36. The summed E-state index contributed by atoms with van der Waals surface area (Å²) in [6, 6.07) is 3.77. The van der Waals surface area contributed by atoms with E-state index in [4.69, 9.17) is 14.2 Å². The van der Waals surface area contributed by atoms with Crippen LogP contribution in [0, 0.1) is 5.92 Å². The number of benzene rings is 1. The molecule has 0 amide bonds. The third-order valence-corrected chi connectivity index (χ3v) is 3.94. The number of aliphatic hydroxyl groups is 1. The summed E-state index contributed by atoms with van der Waals surface area (Å²) in [6.45, 7) is 0.808. The number of halogens is 1. The van der Waals surface area contributed by atoms with E-state index >= 15 is 0 Å². The van der Waals surface area contributed by atoms with Crippen LogP contribution in [-0.4, -0.2) is 32.5 Å². The number of hydrogen-bond acceptors (Lipinski definition) is 4. The zero-order valence-corrected chi connectivity index (χ0v) is 12.1. The van der Waals surface area contributed by atoms with Gasteiger partial charge in [-0.3, -0.25) is 0 Å². The number of methoxy groups -OCH3 is 2. The van der Waals surface area contributed by atoms with Crippen LogP contribution in [0.3, 0.4) is 0 Å². The molecule has 1 N–H and O–H groups in total. The highest BCUT2D eigenvalue weighted by Gasteiger charge is 2.31. The van der Waals surface area contributed by atoms with Crippen molar-refractivity contribution < 1.29 is 19.3 Å². The van der Waals surface area contributed by atoms with E-state index in [0.717, 1.165) is 16.5 Å². The molecule has 1 aliphatic rings. The second-order valence-electron chi connectivity index (χ2n) is 4.25. The Morgan fingerprint density at radius 3 is 2.61 bits per heavy atom. The van der Waals surface area contributed by atoms with Crippen LogP contribution in [-0.2, 0) is 4.74 Å². The molecule has 18 heavy (non-hydrogen) atoms. The minimum atomic E-state index is -0.0934. The van der Waals surface area contributed by atoms with Crippen molar-refractivity contribution in [3.8, 4) is 11.5 Å². The SMILES string of the molecule is COc1cc(Br)c(C2OCCC2CO)cc1OC. The van der Waals surface area contributed by atoms with Gasteiger partial charge in [-0.05, 0) is 24.1 Å². The average Bonchev–Trinajstić information content (AvgIpc) is 2.86. The molecule has 0 bridgehead atoms. The van der Waals surface area contributed by atoms with E-state index in [-0.39, 0.29) is 18.6 Å². The molecule has 0 saturated carbocycles. The highest BCUT2D eigenvalue weighted by molar-refractivity contribution is 9.10. The van der Waals surface area contributed by atoms with E-state index in [9.17, 15) is 5.11 Å². The van der Waals surface area contributed by atoms with Crippen molar-refractivity contribution in [1.82, 2.24) is 0 Å². The lowest BCUT2D eigenvalue weighted by atomic mass is 9.96. The van der Waals surface area contributed by atoms with Crippen LogP contribution >= 0.6 is 15.9 Å². The molecular weight excluding hydrogens is 300 g/mol. The number of hydrogen-bond donors (Lipinski definition) is 1. The summed E-state index contributed by atoms with van der Waals surface area (Å²) in [6.07, 6.45) is 0.784. The van der Waals surface area contributed by atoms with E-state index < -0.39 is 0 Å². The lowest BCUT2D eigenvalue weighted by Crippen LogP contribution is -2.12. The van der Waals surface area contributed by atoms with E-state index in [1.807, 2.05) is 12.1 Å². The Bertz CT molecular complexity index is 422. The second kappa shape index (κ2) is 5.91. The van der Waals surface area contributed by atoms with E-state index in [0.29, 0.717) is 18.1 Å². The highest BCUT2D eigenvalue weighted by atomic mass is 79.9. The van der Waals surface area contributed by atoms with Crippen LogP contribution in [0.15, 0.2) is 16.6 Å². The van der Waals surface area contributed by atoms with Crippen LogP contribution in [0.4, 0.5) is 0 Å². The first-order valence-electron chi connectivity index (χ1n) is 5.85. The summed E-state index contributed by atoms with van der Waals surface area (Å²) < 4.78 is 17.2. The van der Waals surface area contributed by atoms with Gasteiger partial charge in [0.2, 0.25) is 0 Å². The summed E-state index contributed by atoms with van der Waals surface area (Å²) in [5.74, 6) is 1.48. The molecule has 1 aliphatic heterocycles. The Balaban J connectivity index is 2.38. The van der Waals surface area contributed by atoms with Crippen LogP contribution in [0.25, 0.3) is 0 Å². The molecule has 4 nitrogen and oxygen atoms in total. The quantitative estimate of drug-likeness (QED) is 0.927. The summed E-state index contributed by atoms with van der Waals surface area (Å²) in [5.41, 5.74) is 0.990. The normalized spacial score (nSPS) is 23.1. The minimum absolute atomic E-state index is 0.0934. The lowest BCUT2D eigenvalue weighted by Gasteiger charge is -2.20. The van der Waals surface area contributed by atoms with Crippen LogP contribution in [0.2, 0.25) is 0 Å². The van der Waals surface area contributed by atoms with Crippen LogP contribution in [0.5, 0.6) is 11.5 Å². The molecule has 1 fully saturated rings. The lowest BCUT2D eigenvalue weighted by molar-refractivity contribution is 0.0713. The summed E-state index contributed by atoms with van der Waals surface area (Å²) in [7, 11) is 3.21. The van der Waals surface area contributed by atoms with E-state index in [2.05, 4.69) is 15.9 Å². The topological polar surface area (TPSA) is 47.9 Å². The Morgan fingerprint density at radius 2 is 2.00 bits per heavy atom. The molecule has 1 aromatic rings. The van der Waals surface area contributed by atoms with Gasteiger partial charge in [0.1, 0.15) is 0 Å². The fourth-order valence-electron chi connectivity index (χ4n) is 2.25. The van der Waals surface area contributed by atoms with Crippen molar-refractivity contribution in [3.63, 3.8) is 0 Å². The van der Waals surface area contributed by atoms with Gasteiger partial charge in [-0.15, -0.1) is 0 Å². The maximum absolute atomic E-state index is 9.36. The molecular formula is C13H17BrO4. The van der Waals surface area contributed by atoms with Gasteiger partial charge in [-0.25, -0.2) is 0 Å². The van der Waals surface area contributed by atoms with Gasteiger partial charge in [-0.1, -0.05) is 15.9 Å². The average molecular weight is 317 g/mol. The first kappa shape index (κ1) is 13.6. The molecule has 2 unspecified atom stereocenters. The monoisotopic (exact) mass is 316 g/mol. The zero-order chi connectivity index (χ0) is 13.1. The maximum atomic E-state index is 9.36. The molecule has 1 heterocycles. The van der Waals surface area contributed by atoms with Crippen LogP contribution in [0.1, 0.15) is 18.1 Å². The number of ether oxygens (including phenoxy) is 3. The maximum Gasteiger partial charge on any atom is 0.161 e. The third-order valence-electron chi connectivity index (χ3n) is 3.26. The van der Waals surface area contributed by atoms with Crippen molar-refractivity contribution in [3.05, 3.63) is 22.2 Å². The van der Waals surface area contributed by atoms with Gasteiger partial charge in [0.05, 0.1) is 20.3 Å². The van der Waals surface area contributed by atoms with Crippen molar-refractivity contribution in [2.45, 2.75) is 12.5 Å². The molecule has 2 atom stereocenters. The number of rotatable bonds is 4. The summed E-state index contributed by atoms with van der Waals surface area (Å²) in [4.78, 5) is 0. The Hall–Kier alpha value is -0.780. The van der Waals surface area contributed by atoms with Crippen molar-refractivity contribution in [2.24, 2.45) is 5.92 Å². The Labute approximate surface area is 115 Å². The fraction of sp³-hybridized carbons (Fsp3) is 0.538. The van der Waals surface area contributed by atoms with Crippen LogP contribution < -0.4 is 9.47 Å². The van der Waals surface area contributed by atoms with E-state index in [1.54, 1.807) is 14.2 Å². The molecule has 100 valence electrons. The first-order valence-corrected chi connectivity index (χ1v) is 6.64. The molecule has 0 radical (unpaired) electrons. The zero-order valence-electron chi connectivity index (χ0n) is 10.5. The second-order valence-corrected chi connectivity index (χ2v) is 5.11. The predicted molar refractivity (Wildman–Crippen MR) is 71.1 cm³/mol. The molecule has 1 aromatic carbocycles. The van der Waals surface area contributed by atoms with Gasteiger partial charge >= 0.3 is 0 Å². The van der Waals surface area contributed by atoms with Crippen molar-refractivity contribution >= 4 is 15.9 Å². The molecule has 2 rings (SSSR count). The largest absolute Gasteiger partial charge is 0.493 e. The molecule has 1 saturated heterocycles. The highest BCUT2D eigenvalue weighted by Crippen LogP contribution is 2.42. The van der Waals surface area contributed by atoms with Crippen molar-refractivity contribution in [1.29, 1.82) is 0 Å². The predicted octanol–water partition coefficient (Wildman–Crippen LogP) is 2.54. The number of aliphatic hydroxyl groups excluding tert-OH is 1. The standard InChI is InChI=1S/C13H17BrO4/c1-16-11-5-9(10(14)6-12(11)17-2)13-8(7-15)3-4-18-13/h5-6,8,13,15H,3-4,7H2,1-2H3. The van der Waals surface area contributed by atoms with Gasteiger partial charge in [0.25, 0.3) is 0 Å². The van der Waals surface area contributed by atoms with Gasteiger partial charge in [0.15, 0.2) is 11.5 Å². The van der Waals surface area contributed by atoms with Gasteiger partial charge < -0.3 is 19.3 Å². The minimum Gasteiger partial charge on any atom is -0.493 e. The van der Waals surface area contributed by atoms with Gasteiger partial charge in [-0.2, -0.15) is 0 Å². The first-order chi connectivity index (χ1) is 8.71. The summed E-state index contributed by atoms with van der Waals surface area (Å²) >= 11 is 3.52. The smallest absolute Gasteiger partial charge is 0.161 e. The molecule has 0 spiro atoms. The van der Waals surface area contributed by atoms with Crippen molar-refractivity contribution in [2.75, 3.05) is 27.4 Å².